The monoisotopic (exact) mass is 191 g/mol. The number of hydrogen-bond donors (Lipinski definition) is 1. The summed E-state index contributed by atoms with van der Waals surface area (Å²) >= 11 is 0. The van der Waals surface area contributed by atoms with Gasteiger partial charge in [0.2, 0.25) is 0 Å². The first-order valence-corrected chi connectivity index (χ1v) is 4.54. The van der Waals surface area contributed by atoms with Crippen molar-refractivity contribution in [3.05, 3.63) is 23.8 Å². The van der Waals surface area contributed by atoms with Crippen LogP contribution in [0.3, 0.4) is 0 Å². The standard InChI is InChI=1S/C10H14BNO2/c1-7(13)14-6-8-3-4-9(11)10(5-8)12-2/h3-5,12H,6,11H2,1-2H3. The van der Waals surface area contributed by atoms with E-state index in [-0.39, 0.29) is 5.97 Å². The van der Waals surface area contributed by atoms with Crippen LogP contribution in [0.2, 0.25) is 0 Å². The highest BCUT2D eigenvalue weighted by Crippen LogP contribution is 2.08. The number of nitrogens with one attached hydrogen (secondary N) is 1. The molecule has 1 rings (SSSR count). The lowest BCUT2D eigenvalue weighted by Crippen LogP contribution is -2.10. The van der Waals surface area contributed by atoms with E-state index >= 15 is 0 Å². The molecule has 0 saturated heterocycles. The molecule has 0 saturated carbocycles. The molecular formula is C10H14BNO2. The number of benzene rings is 1. The molecule has 74 valence electrons. The lowest BCUT2D eigenvalue weighted by molar-refractivity contribution is -0.142. The van der Waals surface area contributed by atoms with Crippen molar-refractivity contribution in [3.8, 4) is 0 Å². The zero-order chi connectivity index (χ0) is 10.6. The van der Waals surface area contributed by atoms with Crippen LogP contribution in [0.15, 0.2) is 18.2 Å². The second kappa shape index (κ2) is 4.70. The first-order chi connectivity index (χ1) is 6.63. The molecule has 0 heterocycles. The molecule has 0 aliphatic heterocycles. The van der Waals surface area contributed by atoms with Gasteiger partial charge in [0.25, 0.3) is 0 Å². The number of rotatable bonds is 3. The van der Waals surface area contributed by atoms with Gasteiger partial charge >= 0.3 is 5.97 Å². The lowest BCUT2D eigenvalue weighted by Gasteiger charge is -2.08. The van der Waals surface area contributed by atoms with Crippen molar-refractivity contribution in [3.63, 3.8) is 0 Å². The van der Waals surface area contributed by atoms with Gasteiger partial charge in [0, 0.05) is 19.7 Å². The van der Waals surface area contributed by atoms with E-state index in [1.165, 1.54) is 12.4 Å². The summed E-state index contributed by atoms with van der Waals surface area (Å²) in [5, 5.41) is 3.08. The van der Waals surface area contributed by atoms with Crippen LogP contribution < -0.4 is 10.8 Å². The summed E-state index contributed by atoms with van der Waals surface area (Å²) in [4.78, 5) is 10.6. The summed E-state index contributed by atoms with van der Waals surface area (Å²) < 4.78 is 4.90. The Kier molecular flexibility index (Phi) is 3.57. The van der Waals surface area contributed by atoms with E-state index in [1.54, 1.807) is 0 Å². The average molecular weight is 191 g/mol. The SMILES string of the molecule is Bc1ccc(COC(C)=O)cc1NC. The minimum Gasteiger partial charge on any atom is -0.461 e. The number of esters is 1. The second-order valence-electron chi connectivity index (χ2n) is 3.18. The van der Waals surface area contributed by atoms with Crippen molar-refractivity contribution in [2.75, 3.05) is 12.4 Å². The fourth-order valence-electron chi connectivity index (χ4n) is 1.21. The highest BCUT2D eigenvalue weighted by molar-refractivity contribution is 6.35. The van der Waals surface area contributed by atoms with Gasteiger partial charge in [-0.25, -0.2) is 0 Å². The van der Waals surface area contributed by atoms with E-state index in [0.29, 0.717) is 6.61 Å². The molecule has 1 aromatic carbocycles. The zero-order valence-corrected chi connectivity index (χ0v) is 8.76. The van der Waals surface area contributed by atoms with E-state index in [2.05, 4.69) is 5.32 Å². The second-order valence-corrected chi connectivity index (χ2v) is 3.18. The average Bonchev–Trinajstić information content (AvgIpc) is 2.16. The first kappa shape index (κ1) is 10.6. The summed E-state index contributed by atoms with van der Waals surface area (Å²) in [5.74, 6) is -0.253. The van der Waals surface area contributed by atoms with E-state index < -0.39 is 0 Å². The molecule has 0 aromatic heterocycles. The predicted molar refractivity (Wildman–Crippen MR) is 59.6 cm³/mol. The molecule has 3 nitrogen and oxygen atoms in total. The van der Waals surface area contributed by atoms with Gasteiger partial charge in [-0.05, 0) is 11.6 Å². The molecule has 0 bridgehead atoms. The number of ether oxygens (including phenoxy) is 1. The maximum absolute atomic E-state index is 10.6. The fourth-order valence-corrected chi connectivity index (χ4v) is 1.21. The third kappa shape index (κ3) is 2.80. The Morgan fingerprint density at radius 1 is 1.57 bits per heavy atom. The third-order valence-electron chi connectivity index (χ3n) is 2.01. The minimum atomic E-state index is -0.253. The highest BCUT2D eigenvalue weighted by Gasteiger charge is 2.00. The number of hydrogen-bond acceptors (Lipinski definition) is 3. The molecule has 1 N–H and O–H groups in total. The van der Waals surface area contributed by atoms with Crippen LogP contribution >= 0.6 is 0 Å². The zero-order valence-electron chi connectivity index (χ0n) is 8.76. The topological polar surface area (TPSA) is 38.3 Å². The molecule has 0 atom stereocenters. The normalized spacial score (nSPS) is 9.57. The van der Waals surface area contributed by atoms with Crippen LogP contribution in [0.4, 0.5) is 5.69 Å². The van der Waals surface area contributed by atoms with Crippen molar-refractivity contribution >= 4 is 25.0 Å². The number of carbonyl (C=O) groups excluding carboxylic acids is 1. The molecule has 0 fully saturated rings. The maximum Gasteiger partial charge on any atom is 0.302 e. The van der Waals surface area contributed by atoms with Gasteiger partial charge in [-0.1, -0.05) is 17.6 Å². The van der Waals surface area contributed by atoms with Crippen LogP contribution in [0, 0.1) is 0 Å². The first-order valence-electron chi connectivity index (χ1n) is 4.54. The quantitative estimate of drug-likeness (QED) is 0.541. The molecule has 1 aromatic rings. The Bertz CT molecular complexity index is 339. The van der Waals surface area contributed by atoms with E-state index in [9.17, 15) is 4.79 Å². The summed E-state index contributed by atoms with van der Waals surface area (Å²) in [5.41, 5.74) is 3.24. The Hall–Kier alpha value is -1.45. The number of anilines is 1. The lowest BCUT2D eigenvalue weighted by atomic mass is 9.93. The van der Waals surface area contributed by atoms with Gasteiger partial charge in [0.1, 0.15) is 14.5 Å². The molecular weight excluding hydrogens is 177 g/mol. The van der Waals surface area contributed by atoms with E-state index in [1.807, 2.05) is 33.1 Å². The largest absolute Gasteiger partial charge is 0.461 e. The Morgan fingerprint density at radius 3 is 2.86 bits per heavy atom. The van der Waals surface area contributed by atoms with Gasteiger partial charge in [-0.2, -0.15) is 0 Å². The smallest absolute Gasteiger partial charge is 0.302 e. The van der Waals surface area contributed by atoms with Crippen LogP contribution in [0.25, 0.3) is 0 Å². The molecule has 0 amide bonds. The minimum absolute atomic E-state index is 0.253. The molecule has 4 heteroatoms. The van der Waals surface area contributed by atoms with Crippen molar-refractivity contribution in [2.45, 2.75) is 13.5 Å². The Morgan fingerprint density at radius 2 is 2.29 bits per heavy atom. The molecule has 0 radical (unpaired) electrons. The third-order valence-corrected chi connectivity index (χ3v) is 2.01. The van der Waals surface area contributed by atoms with Gasteiger partial charge in [-0.3, -0.25) is 4.79 Å². The highest BCUT2D eigenvalue weighted by atomic mass is 16.5. The summed E-state index contributed by atoms with van der Waals surface area (Å²) in [6, 6.07) is 5.95. The van der Waals surface area contributed by atoms with Crippen LogP contribution in [-0.4, -0.2) is 20.9 Å². The van der Waals surface area contributed by atoms with Gasteiger partial charge < -0.3 is 10.1 Å². The van der Waals surface area contributed by atoms with Crippen molar-refractivity contribution in [1.82, 2.24) is 0 Å². The Labute approximate surface area is 84.9 Å². The van der Waals surface area contributed by atoms with Crippen molar-refractivity contribution in [1.29, 1.82) is 0 Å². The van der Waals surface area contributed by atoms with Crippen molar-refractivity contribution in [2.24, 2.45) is 0 Å². The molecule has 0 aliphatic carbocycles. The van der Waals surface area contributed by atoms with E-state index in [4.69, 9.17) is 4.74 Å². The predicted octanol–water partition coefficient (Wildman–Crippen LogP) is 0.0498. The molecule has 0 spiro atoms. The van der Waals surface area contributed by atoms with Gasteiger partial charge in [-0.15, -0.1) is 0 Å². The van der Waals surface area contributed by atoms with E-state index in [0.717, 1.165) is 11.3 Å². The van der Waals surface area contributed by atoms with Crippen LogP contribution in [0.5, 0.6) is 0 Å². The van der Waals surface area contributed by atoms with Gasteiger partial charge in [0.15, 0.2) is 0 Å². The van der Waals surface area contributed by atoms with Crippen molar-refractivity contribution < 1.29 is 9.53 Å². The summed E-state index contributed by atoms with van der Waals surface area (Å²) in [7, 11) is 3.90. The summed E-state index contributed by atoms with van der Waals surface area (Å²) in [6.45, 7) is 1.75. The summed E-state index contributed by atoms with van der Waals surface area (Å²) in [6.07, 6.45) is 0. The van der Waals surface area contributed by atoms with Gasteiger partial charge in [0.05, 0.1) is 0 Å². The molecule has 0 unspecified atom stereocenters. The molecule has 14 heavy (non-hydrogen) atoms. The maximum atomic E-state index is 10.6. The van der Waals surface area contributed by atoms with Crippen LogP contribution in [0.1, 0.15) is 12.5 Å². The number of carbonyl (C=O) groups is 1. The van der Waals surface area contributed by atoms with Crippen LogP contribution in [-0.2, 0) is 16.1 Å². The Balaban J connectivity index is 2.74. The molecule has 0 aliphatic rings. The fraction of sp³-hybridized carbons (Fsp3) is 0.300.